The van der Waals surface area contributed by atoms with Crippen molar-refractivity contribution in [1.82, 2.24) is 4.90 Å². The average Bonchev–Trinajstić information content (AvgIpc) is 2.98. The van der Waals surface area contributed by atoms with E-state index in [1.807, 2.05) is 18.7 Å². The molecule has 1 saturated heterocycles. The normalized spacial score (nSPS) is 36.6. The van der Waals surface area contributed by atoms with Gasteiger partial charge in [-0.2, -0.15) is 0 Å². The monoisotopic (exact) mass is 279 g/mol. The van der Waals surface area contributed by atoms with E-state index >= 15 is 0 Å². The number of ketones is 1. The maximum absolute atomic E-state index is 13.0. The fourth-order valence-electron chi connectivity index (χ4n) is 4.64. The van der Waals surface area contributed by atoms with Gasteiger partial charge in [-0.1, -0.05) is 13.8 Å². The third kappa shape index (κ3) is 1.77. The van der Waals surface area contributed by atoms with Gasteiger partial charge in [0.15, 0.2) is 5.78 Å². The van der Waals surface area contributed by atoms with Crippen LogP contribution < -0.4 is 4.90 Å². The maximum Gasteiger partial charge on any atom is 0.236 e. The average molecular weight is 279 g/mol. The standard InChI is InChI=1S/C16H26N2O2/c1-4-17-7-9-18(10-8-17)14(20)16-6-5-12(11-16)15(2,3)13(16)19/h12H,4-11H2,1-3H3/p+1/t12-,16-/m1/s1. The van der Waals surface area contributed by atoms with Crippen molar-refractivity contribution in [2.24, 2.45) is 16.7 Å². The Kier molecular flexibility index (Phi) is 3.20. The number of fused-ring (bicyclic) bond motifs is 2. The highest BCUT2D eigenvalue weighted by molar-refractivity contribution is 6.10. The zero-order valence-corrected chi connectivity index (χ0v) is 13.0. The number of carbonyl (C=O) groups is 2. The van der Waals surface area contributed by atoms with Crippen molar-refractivity contribution in [2.45, 2.75) is 40.0 Å². The fourth-order valence-corrected chi connectivity index (χ4v) is 4.64. The molecule has 2 saturated carbocycles. The first-order chi connectivity index (χ1) is 9.41. The Hall–Kier alpha value is -0.900. The molecule has 0 aromatic carbocycles. The summed E-state index contributed by atoms with van der Waals surface area (Å²) in [5.41, 5.74) is -0.942. The van der Waals surface area contributed by atoms with Crippen LogP contribution in [0.3, 0.4) is 0 Å². The van der Waals surface area contributed by atoms with E-state index in [2.05, 4.69) is 6.92 Å². The molecule has 112 valence electrons. The molecule has 0 aromatic rings. The molecule has 3 rings (SSSR count). The Labute approximate surface area is 121 Å². The van der Waals surface area contributed by atoms with Gasteiger partial charge in [-0.3, -0.25) is 9.59 Å². The molecule has 0 aromatic heterocycles. The van der Waals surface area contributed by atoms with E-state index < -0.39 is 5.41 Å². The summed E-state index contributed by atoms with van der Waals surface area (Å²) >= 11 is 0. The molecule has 3 aliphatic rings. The Morgan fingerprint density at radius 3 is 2.50 bits per heavy atom. The second-order valence-electron chi connectivity index (χ2n) is 7.47. The molecular weight excluding hydrogens is 252 g/mol. The van der Waals surface area contributed by atoms with E-state index in [9.17, 15) is 9.59 Å². The van der Waals surface area contributed by atoms with E-state index in [4.69, 9.17) is 0 Å². The highest BCUT2D eigenvalue weighted by Crippen LogP contribution is 2.60. The molecule has 20 heavy (non-hydrogen) atoms. The van der Waals surface area contributed by atoms with E-state index in [1.54, 1.807) is 4.90 Å². The molecule has 1 N–H and O–H groups in total. The highest BCUT2D eigenvalue weighted by Gasteiger charge is 2.65. The van der Waals surface area contributed by atoms with Crippen molar-refractivity contribution < 1.29 is 14.5 Å². The number of amides is 1. The van der Waals surface area contributed by atoms with Crippen molar-refractivity contribution >= 4 is 11.7 Å². The van der Waals surface area contributed by atoms with Crippen molar-refractivity contribution in [3.63, 3.8) is 0 Å². The smallest absolute Gasteiger partial charge is 0.236 e. The summed E-state index contributed by atoms with van der Waals surface area (Å²) in [7, 11) is 0. The van der Waals surface area contributed by atoms with Crippen LogP contribution in [0.2, 0.25) is 0 Å². The molecule has 1 heterocycles. The summed E-state index contributed by atoms with van der Waals surface area (Å²) in [5, 5.41) is 0. The van der Waals surface area contributed by atoms with Crippen LogP contribution in [0.1, 0.15) is 40.0 Å². The Bertz CT molecular complexity index is 438. The maximum atomic E-state index is 13.0. The minimum Gasteiger partial charge on any atom is -0.332 e. The number of piperazine rings is 1. The van der Waals surface area contributed by atoms with Crippen molar-refractivity contribution in [3.8, 4) is 0 Å². The first-order valence-corrected chi connectivity index (χ1v) is 8.09. The van der Waals surface area contributed by atoms with Gasteiger partial charge in [0, 0.05) is 5.41 Å². The Balaban J connectivity index is 1.77. The van der Waals surface area contributed by atoms with Crippen LogP contribution in [-0.2, 0) is 9.59 Å². The molecule has 0 radical (unpaired) electrons. The van der Waals surface area contributed by atoms with Crippen LogP contribution in [-0.4, -0.2) is 49.3 Å². The lowest BCUT2D eigenvalue weighted by atomic mass is 9.70. The molecule has 2 aliphatic carbocycles. The molecule has 1 amide bonds. The van der Waals surface area contributed by atoms with Crippen molar-refractivity contribution in [1.29, 1.82) is 0 Å². The number of carbonyl (C=O) groups excluding carboxylic acids is 2. The zero-order chi connectivity index (χ0) is 14.5. The molecule has 4 nitrogen and oxygen atoms in total. The lowest BCUT2D eigenvalue weighted by Gasteiger charge is -2.38. The molecule has 2 atom stereocenters. The highest BCUT2D eigenvalue weighted by atomic mass is 16.2. The summed E-state index contributed by atoms with van der Waals surface area (Å²) in [4.78, 5) is 29.3. The summed E-state index contributed by atoms with van der Waals surface area (Å²) in [6.45, 7) is 11.1. The number of likely N-dealkylation sites (N-methyl/N-ethyl adjacent to an activating group) is 1. The second-order valence-corrected chi connectivity index (χ2v) is 7.47. The van der Waals surface area contributed by atoms with Gasteiger partial charge in [-0.25, -0.2) is 0 Å². The molecule has 0 unspecified atom stereocenters. The summed E-state index contributed by atoms with van der Waals surface area (Å²) in [5.74, 6) is 0.781. The third-order valence-corrected chi connectivity index (χ3v) is 6.22. The van der Waals surface area contributed by atoms with Crippen molar-refractivity contribution in [3.05, 3.63) is 0 Å². The van der Waals surface area contributed by atoms with Gasteiger partial charge in [-0.15, -0.1) is 0 Å². The fraction of sp³-hybridized carbons (Fsp3) is 0.875. The van der Waals surface area contributed by atoms with Crippen LogP contribution >= 0.6 is 0 Å². The van der Waals surface area contributed by atoms with Gasteiger partial charge >= 0.3 is 0 Å². The number of nitrogens with zero attached hydrogens (tertiary/aromatic N) is 1. The van der Waals surface area contributed by atoms with E-state index in [1.165, 1.54) is 0 Å². The van der Waals surface area contributed by atoms with Gasteiger partial charge in [0.25, 0.3) is 0 Å². The summed E-state index contributed by atoms with van der Waals surface area (Å²) < 4.78 is 0. The topological polar surface area (TPSA) is 41.8 Å². The Morgan fingerprint density at radius 1 is 1.35 bits per heavy atom. The number of hydrogen-bond donors (Lipinski definition) is 1. The molecule has 1 aliphatic heterocycles. The number of quaternary nitrogens is 1. The zero-order valence-electron chi connectivity index (χ0n) is 13.0. The van der Waals surface area contributed by atoms with E-state index in [0.29, 0.717) is 5.92 Å². The lowest BCUT2D eigenvalue weighted by molar-refractivity contribution is -0.902. The number of hydrogen-bond acceptors (Lipinski definition) is 2. The van der Waals surface area contributed by atoms with Crippen LogP contribution in [0.25, 0.3) is 0 Å². The van der Waals surface area contributed by atoms with Gasteiger partial charge in [0.05, 0.1) is 32.7 Å². The van der Waals surface area contributed by atoms with Crippen LogP contribution in [0.15, 0.2) is 0 Å². The van der Waals surface area contributed by atoms with Gasteiger partial charge in [-0.05, 0) is 32.1 Å². The minimum atomic E-state index is -0.655. The molecule has 0 spiro atoms. The van der Waals surface area contributed by atoms with E-state index in [-0.39, 0.29) is 17.1 Å². The Morgan fingerprint density at radius 2 is 2.00 bits per heavy atom. The lowest BCUT2D eigenvalue weighted by Crippen LogP contribution is -3.14. The van der Waals surface area contributed by atoms with Crippen LogP contribution in [0.5, 0.6) is 0 Å². The first kappa shape index (κ1) is 14.1. The van der Waals surface area contributed by atoms with Gasteiger partial charge < -0.3 is 9.80 Å². The van der Waals surface area contributed by atoms with Crippen LogP contribution in [0.4, 0.5) is 0 Å². The quantitative estimate of drug-likeness (QED) is 0.730. The predicted molar refractivity (Wildman–Crippen MR) is 76.4 cm³/mol. The molecule has 2 bridgehead atoms. The summed E-state index contributed by atoms with van der Waals surface area (Å²) in [6, 6.07) is 0. The molecular formula is C16H27N2O2+. The number of Topliss-reactive ketones (excluding diaryl/α,β-unsaturated/α-hetero) is 1. The second kappa shape index (κ2) is 4.55. The number of rotatable bonds is 2. The molecule has 4 heteroatoms. The van der Waals surface area contributed by atoms with Gasteiger partial charge in [0.1, 0.15) is 5.41 Å². The number of nitrogens with one attached hydrogen (secondary N) is 1. The largest absolute Gasteiger partial charge is 0.332 e. The third-order valence-electron chi connectivity index (χ3n) is 6.22. The van der Waals surface area contributed by atoms with E-state index in [0.717, 1.165) is 52.0 Å². The SMILES string of the molecule is CC[NH+]1CCN(C(=O)[C@]23CC[C@H](C2)C(C)(C)C3=O)CC1. The minimum absolute atomic E-state index is 0.144. The first-order valence-electron chi connectivity index (χ1n) is 8.09. The molecule has 3 fully saturated rings. The van der Waals surface area contributed by atoms with Gasteiger partial charge in [0.2, 0.25) is 5.91 Å². The predicted octanol–water partition coefficient (Wildman–Crippen LogP) is 0.129. The van der Waals surface area contributed by atoms with Crippen molar-refractivity contribution in [2.75, 3.05) is 32.7 Å². The van der Waals surface area contributed by atoms with Crippen LogP contribution in [0, 0.1) is 16.7 Å². The summed E-state index contributed by atoms with van der Waals surface area (Å²) in [6.07, 6.45) is 2.64.